The molecule has 1 aliphatic heterocycles. The highest BCUT2D eigenvalue weighted by Crippen LogP contribution is 2.36. The van der Waals surface area contributed by atoms with Gasteiger partial charge in [0.25, 0.3) is 0 Å². The van der Waals surface area contributed by atoms with Crippen molar-refractivity contribution in [3.63, 3.8) is 0 Å². The van der Waals surface area contributed by atoms with Gasteiger partial charge in [0.15, 0.2) is 0 Å². The van der Waals surface area contributed by atoms with Crippen molar-refractivity contribution in [2.75, 3.05) is 11.1 Å². The first kappa shape index (κ1) is 19.6. The fraction of sp³-hybridized carbons (Fsp3) is 0.174. The zero-order chi connectivity index (χ0) is 22.4. The molecule has 0 aliphatic carbocycles. The van der Waals surface area contributed by atoms with Crippen molar-refractivity contribution in [3.05, 3.63) is 65.0 Å². The van der Waals surface area contributed by atoms with E-state index in [0.29, 0.717) is 34.8 Å². The summed E-state index contributed by atoms with van der Waals surface area (Å²) in [5, 5.41) is 12.6. The van der Waals surface area contributed by atoms with Crippen LogP contribution in [0.2, 0.25) is 0 Å². The summed E-state index contributed by atoms with van der Waals surface area (Å²) in [5.41, 5.74) is 10.6. The molecule has 0 saturated carbocycles. The van der Waals surface area contributed by atoms with Crippen molar-refractivity contribution in [3.8, 4) is 17.2 Å². The largest absolute Gasteiger partial charge is 0.382 e. The Balaban J connectivity index is 1.64. The lowest BCUT2D eigenvalue weighted by molar-refractivity contribution is 0.632. The van der Waals surface area contributed by atoms with Crippen LogP contribution >= 0.6 is 0 Å². The Labute approximate surface area is 183 Å². The standard InChI is InChI=1S/C23H19FN8/c1-12(30-22-15(8-25)21(26)28-11-29-22)23-31-18-7-6-17(24)19(20(18)32(23)2)14-5-3-4-13-9-27-10-16(13)14/h3-7,10-12H,9H2,1-2H3,(H3,26,28,29,30)/t12-/m0/s1. The highest BCUT2D eigenvalue weighted by atomic mass is 19.1. The molecule has 9 heteroatoms. The molecule has 1 atom stereocenters. The normalized spacial score (nSPS) is 13.2. The van der Waals surface area contributed by atoms with Crippen LogP contribution in [0.4, 0.5) is 16.0 Å². The molecule has 32 heavy (non-hydrogen) atoms. The third kappa shape index (κ3) is 2.96. The lowest BCUT2D eigenvalue weighted by atomic mass is 9.95. The maximum atomic E-state index is 15.2. The smallest absolute Gasteiger partial charge is 0.150 e. The van der Waals surface area contributed by atoms with Crippen LogP contribution in [0.15, 0.2) is 41.7 Å². The molecular formula is C23H19FN8. The molecule has 3 N–H and O–H groups in total. The second kappa shape index (κ2) is 7.42. The third-order valence-electron chi connectivity index (χ3n) is 5.70. The molecule has 1 aliphatic rings. The van der Waals surface area contributed by atoms with Crippen LogP contribution in [0.1, 0.15) is 35.5 Å². The Bertz CT molecular complexity index is 1450. The molecule has 158 valence electrons. The number of imidazole rings is 1. The van der Waals surface area contributed by atoms with E-state index in [0.717, 1.165) is 16.7 Å². The fourth-order valence-corrected chi connectivity index (χ4v) is 4.19. The van der Waals surface area contributed by atoms with Gasteiger partial charge in [0, 0.05) is 24.4 Å². The number of nitrogen functional groups attached to an aromatic ring is 1. The summed E-state index contributed by atoms with van der Waals surface area (Å²) in [6.45, 7) is 2.49. The van der Waals surface area contributed by atoms with Crippen LogP contribution in [0, 0.1) is 17.1 Å². The van der Waals surface area contributed by atoms with E-state index in [9.17, 15) is 5.26 Å². The number of anilines is 2. The molecule has 4 aromatic rings. The van der Waals surface area contributed by atoms with E-state index < -0.39 is 0 Å². The highest BCUT2D eigenvalue weighted by molar-refractivity contribution is 6.01. The highest BCUT2D eigenvalue weighted by Gasteiger charge is 2.23. The lowest BCUT2D eigenvalue weighted by Crippen LogP contribution is -2.15. The number of aryl methyl sites for hydroxylation is 1. The van der Waals surface area contributed by atoms with E-state index in [1.807, 2.05) is 42.8 Å². The van der Waals surface area contributed by atoms with Gasteiger partial charge in [-0.05, 0) is 30.2 Å². The van der Waals surface area contributed by atoms with Gasteiger partial charge in [0.1, 0.15) is 41.2 Å². The van der Waals surface area contributed by atoms with E-state index in [-0.39, 0.29) is 23.2 Å². The second-order valence-electron chi connectivity index (χ2n) is 7.63. The monoisotopic (exact) mass is 426 g/mol. The number of fused-ring (bicyclic) bond motifs is 2. The average Bonchev–Trinajstić information content (AvgIpc) is 3.39. The van der Waals surface area contributed by atoms with Gasteiger partial charge in [-0.25, -0.2) is 19.3 Å². The molecule has 0 saturated heterocycles. The van der Waals surface area contributed by atoms with Gasteiger partial charge in [0.2, 0.25) is 0 Å². The van der Waals surface area contributed by atoms with Crippen LogP contribution in [0.5, 0.6) is 0 Å². The Morgan fingerprint density at radius 1 is 1.25 bits per heavy atom. The molecule has 0 bridgehead atoms. The predicted octanol–water partition coefficient (Wildman–Crippen LogP) is 3.73. The maximum Gasteiger partial charge on any atom is 0.150 e. The molecule has 0 radical (unpaired) electrons. The first-order valence-electron chi connectivity index (χ1n) is 10.0. The van der Waals surface area contributed by atoms with Crippen molar-refractivity contribution in [1.29, 1.82) is 5.26 Å². The number of aromatic nitrogens is 4. The number of halogens is 1. The number of hydrogen-bond acceptors (Lipinski definition) is 7. The van der Waals surface area contributed by atoms with Crippen molar-refractivity contribution < 1.29 is 4.39 Å². The van der Waals surface area contributed by atoms with Gasteiger partial charge in [0.05, 0.1) is 23.6 Å². The van der Waals surface area contributed by atoms with Crippen molar-refractivity contribution >= 4 is 28.9 Å². The SMILES string of the molecule is C[C@H](Nc1ncnc(N)c1C#N)c1nc2ccc(F)c(-c3cccc4c3C=NC4)c2n1C. The number of nitrogens with two attached hydrogens (primary N) is 1. The minimum absolute atomic E-state index is 0.103. The zero-order valence-corrected chi connectivity index (χ0v) is 17.5. The van der Waals surface area contributed by atoms with E-state index >= 15 is 4.39 Å². The Morgan fingerprint density at radius 2 is 2.09 bits per heavy atom. The molecule has 2 aromatic heterocycles. The van der Waals surface area contributed by atoms with Gasteiger partial charge in [-0.1, -0.05) is 18.2 Å². The number of nitrogens with zero attached hydrogens (tertiary/aromatic N) is 6. The summed E-state index contributed by atoms with van der Waals surface area (Å²) >= 11 is 0. The zero-order valence-electron chi connectivity index (χ0n) is 17.5. The molecule has 8 nitrogen and oxygen atoms in total. The van der Waals surface area contributed by atoms with Crippen LogP contribution in [0.25, 0.3) is 22.2 Å². The molecule has 0 spiro atoms. The minimum atomic E-state index is -0.340. The van der Waals surface area contributed by atoms with Gasteiger partial charge < -0.3 is 15.6 Å². The first-order chi connectivity index (χ1) is 15.5. The van der Waals surface area contributed by atoms with Gasteiger partial charge >= 0.3 is 0 Å². The molecule has 2 aromatic carbocycles. The van der Waals surface area contributed by atoms with E-state index in [4.69, 9.17) is 10.7 Å². The van der Waals surface area contributed by atoms with Crippen molar-refractivity contribution in [2.45, 2.75) is 19.5 Å². The Hall–Kier alpha value is -4.32. The quantitative estimate of drug-likeness (QED) is 0.513. The summed E-state index contributed by atoms with van der Waals surface area (Å²) in [7, 11) is 1.85. The van der Waals surface area contributed by atoms with Crippen LogP contribution in [-0.2, 0) is 13.6 Å². The van der Waals surface area contributed by atoms with Crippen LogP contribution in [-0.4, -0.2) is 25.7 Å². The van der Waals surface area contributed by atoms with Crippen LogP contribution in [0.3, 0.4) is 0 Å². The number of aliphatic imine (C=N–C) groups is 1. The van der Waals surface area contributed by atoms with E-state index in [2.05, 4.69) is 20.3 Å². The second-order valence-corrected chi connectivity index (χ2v) is 7.63. The van der Waals surface area contributed by atoms with Gasteiger partial charge in [-0.3, -0.25) is 4.99 Å². The Morgan fingerprint density at radius 3 is 2.91 bits per heavy atom. The number of rotatable bonds is 4. The maximum absolute atomic E-state index is 15.2. The molecule has 0 fully saturated rings. The average molecular weight is 426 g/mol. The summed E-state index contributed by atoms with van der Waals surface area (Å²) < 4.78 is 17.1. The molecular weight excluding hydrogens is 407 g/mol. The van der Waals surface area contributed by atoms with Crippen molar-refractivity contribution in [1.82, 2.24) is 19.5 Å². The molecule has 3 heterocycles. The number of nitriles is 1. The summed E-state index contributed by atoms with van der Waals surface area (Å²) in [4.78, 5) is 17.1. The molecule has 0 unspecified atom stereocenters. The number of nitrogens with one attached hydrogen (secondary N) is 1. The fourth-order valence-electron chi connectivity index (χ4n) is 4.19. The van der Waals surface area contributed by atoms with Crippen LogP contribution < -0.4 is 11.1 Å². The van der Waals surface area contributed by atoms with Gasteiger partial charge in [-0.15, -0.1) is 0 Å². The van der Waals surface area contributed by atoms with E-state index in [1.54, 1.807) is 12.3 Å². The Kier molecular flexibility index (Phi) is 4.56. The summed E-state index contributed by atoms with van der Waals surface area (Å²) in [6.07, 6.45) is 3.10. The molecule has 5 rings (SSSR count). The van der Waals surface area contributed by atoms with E-state index in [1.165, 1.54) is 12.4 Å². The van der Waals surface area contributed by atoms with Gasteiger partial charge in [-0.2, -0.15) is 5.26 Å². The third-order valence-corrected chi connectivity index (χ3v) is 5.70. The number of hydrogen-bond donors (Lipinski definition) is 2. The van der Waals surface area contributed by atoms with Crippen molar-refractivity contribution in [2.24, 2.45) is 12.0 Å². The summed E-state index contributed by atoms with van der Waals surface area (Å²) in [5.74, 6) is 0.764. The lowest BCUT2D eigenvalue weighted by Gasteiger charge is -2.16. The minimum Gasteiger partial charge on any atom is -0.382 e. The summed E-state index contributed by atoms with van der Waals surface area (Å²) in [6, 6.07) is 10.6. The number of benzene rings is 2. The molecule has 0 amide bonds. The first-order valence-corrected chi connectivity index (χ1v) is 10.0. The predicted molar refractivity (Wildman–Crippen MR) is 121 cm³/mol. The topological polar surface area (TPSA) is 118 Å².